The normalized spacial score (nSPS) is 12.0. The first-order chi connectivity index (χ1) is 21.9. The molecule has 0 amide bonds. The molecule has 0 N–H and O–H groups in total. The average molecular weight is 701 g/mol. The molecule has 0 saturated carbocycles. The molecule has 0 aliphatic rings. The molecule has 0 atom stereocenters. The van der Waals surface area contributed by atoms with Crippen LogP contribution in [0.4, 0.5) is 52.7 Å². The first kappa shape index (κ1) is 35.8. The van der Waals surface area contributed by atoms with Crippen molar-refractivity contribution in [3.63, 3.8) is 0 Å². The maximum atomic E-state index is 15.3. The maximum absolute atomic E-state index is 15.3. The van der Waals surface area contributed by atoms with E-state index in [1.165, 1.54) is 0 Å². The topological polar surface area (TPSA) is 18.5 Å². The van der Waals surface area contributed by atoms with Crippen molar-refractivity contribution in [3.8, 4) is 33.8 Å². The van der Waals surface area contributed by atoms with Crippen molar-refractivity contribution in [2.24, 2.45) is 0 Å². The van der Waals surface area contributed by atoms with Gasteiger partial charge in [0.1, 0.15) is 40.4 Å². The van der Waals surface area contributed by atoms with Crippen LogP contribution in [-0.4, -0.2) is 6.36 Å². The molecule has 0 heterocycles. The van der Waals surface area contributed by atoms with Crippen LogP contribution in [0.5, 0.6) is 11.5 Å². The third kappa shape index (κ3) is 8.27. The molecule has 0 aliphatic heterocycles. The highest BCUT2D eigenvalue weighted by Crippen LogP contribution is 2.42. The van der Waals surface area contributed by atoms with E-state index in [2.05, 4.69) is 9.47 Å². The molecule has 15 heteroatoms. The SMILES string of the molecule is CCCCCCc1cc(F)c(-c2cc(F)c(-c3cc(F)c(C(F)(F)Oc4cc(F)c(OC(F)(F)F)c(F)c4)c(F)c3)c(Cl)c2)c(F)c1. The van der Waals surface area contributed by atoms with E-state index < -0.39 is 92.0 Å². The van der Waals surface area contributed by atoms with E-state index in [0.717, 1.165) is 37.5 Å². The first-order valence-corrected chi connectivity index (χ1v) is 14.1. The van der Waals surface area contributed by atoms with Gasteiger partial charge in [0, 0.05) is 17.7 Å². The summed E-state index contributed by atoms with van der Waals surface area (Å²) in [5.74, 6) is -15.2. The van der Waals surface area contributed by atoms with E-state index in [9.17, 15) is 48.3 Å². The number of alkyl halides is 5. The van der Waals surface area contributed by atoms with Crippen molar-refractivity contribution in [1.29, 1.82) is 0 Å². The Balaban J connectivity index is 1.64. The second-order valence-electron chi connectivity index (χ2n) is 10.3. The summed E-state index contributed by atoms with van der Waals surface area (Å²) in [6.07, 6.45) is -6.72. The second kappa shape index (κ2) is 14.0. The van der Waals surface area contributed by atoms with E-state index in [0.29, 0.717) is 24.5 Å². The van der Waals surface area contributed by atoms with Gasteiger partial charge in [-0.25, -0.2) is 30.7 Å². The van der Waals surface area contributed by atoms with Crippen LogP contribution in [0.15, 0.2) is 48.5 Å². The molecule has 0 saturated heterocycles. The predicted molar refractivity (Wildman–Crippen MR) is 148 cm³/mol. The molecule has 252 valence electrons. The molecule has 4 rings (SSSR count). The fourth-order valence-corrected chi connectivity index (χ4v) is 5.12. The Bertz CT molecular complexity index is 1700. The molecule has 0 aliphatic carbocycles. The monoisotopic (exact) mass is 700 g/mol. The summed E-state index contributed by atoms with van der Waals surface area (Å²) in [5.41, 5.74) is -4.22. The van der Waals surface area contributed by atoms with Crippen molar-refractivity contribution >= 4 is 11.6 Å². The van der Waals surface area contributed by atoms with Crippen LogP contribution in [-0.2, 0) is 12.5 Å². The molecule has 47 heavy (non-hydrogen) atoms. The standard InChI is InChI=1S/C32H21ClF12O2/c1-2-3-4-5-6-15-7-20(34)28(21(35)8-15)16-9-19(33)27(22(36)10-16)17-11-23(37)29(24(38)12-17)31(41,42)46-18-13-25(39)30(26(40)14-18)47-32(43,44)45/h7-14H,2-6H2,1H3. The summed E-state index contributed by atoms with van der Waals surface area (Å²) in [6.45, 7) is 2.00. The fourth-order valence-electron chi connectivity index (χ4n) is 4.80. The fraction of sp³-hybridized carbons (Fsp3) is 0.250. The first-order valence-electron chi connectivity index (χ1n) is 13.7. The van der Waals surface area contributed by atoms with E-state index in [1.807, 2.05) is 6.92 Å². The van der Waals surface area contributed by atoms with Crippen molar-refractivity contribution in [2.75, 3.05) is 0 Å². The van der Waals surface area contributed by atoms with E-state index in [1.54, 1.807) is 0 Å². The lowest BCUT2D eigenvalue weighted by Gasteiger charge is -2.21. The lowest BCUT2D eigenvalue weighted by Crippen LogP contribution is -2.25. The van der Waals surface area contributed by atoms with E-state index >= 15 is 4.39 Å². The van der Waals surface area contributed by atoms with Crippen LogP contribution < -0.4 is 9.47 Å². The summed E-state index contributed by atoms with van der Waals surface area (Å²) in [4.78, 5) is 0. The minimum atomic E-state index is -5.55. The van der Waals surface area contributed by atoms with Crippen LogP contribution in [0.25, 0.3) is 22.3 Å². The van der Waals surface area contributed by atoms with Crippen LogP contribution in [0.2, 0.25) is 5.02 Å². The zero-order chi connectivity index (χ0) is 34.8. The number of halogens is 13. The number of aryl methyl sites for hydroxylation is 1. The highest BCUT2D eigenvalue weighted by Gasteiger charge is 2.42. The maximum Gasteiger partial charge on any atom is 0.573 e. The van der Waals surface area contributed by atoms with Gasteiger partial charge in [0.15, 0.2) is 11.6 Å². The lowest BCUT2D eigenvalue weighted by molar-refractivity contribution is -0.276. The molecular weight excluding hydrogens is 680 g/mol. The Morgan fingerprint density at radius 2 is 1.09 bits per heavy atom. The third-order valence-corrected chi connectivity index (χ3v) is 7.11. The summed E-state index contributed by atoms with van der Waals surface area (Å²) in [5, 5.41) is -0.607. The van der Waals surface area contributed by atoms with Crippen LogP contribution in [0.1, 0.15) is 43.7 Å². The molecule has 4 aromatic carbocycles. The zero-order valence-corrected chi connectivity index (χ0v) is 24.6. The largest absolute Gasteiger partial charge is 0.573 e. The lowest BCUT2D eigenvalue weighted by atomic mass is 9.96. The number of rotatable bonds is 11. The Hall–Kier alpha value is -4.07. The van der Waals surface area contributed by atoms with Crippen molar-refractivity contribution in [3.05, 3.63) is 105 Å². The second-order valence-corrected chi connectivity index (χ2v) is 10.7. The van der Waals surface area contributed by atoms with Gasteiger partial charge in [-0.1, -0.05) is 37.8 Å². The van der Waals surface area contributed by atoms with Crippen molar-refractivity contribution in [2.45, 2.75) is 51.5 Å². The number of ether oxygens (including phenoxy) is 2. The van der Waals surface area contributed by atoms with Gasteiger partial charge in [0.25, 0.3) is 0 Å². The van der Waals surface area contributed by atoms with Gasteiger partial charge in [0.05, 0.1) is 10.6 Å². The molecule has 0 bridgehead atoms. The van der Waals surface area contributed by atoms with E-state index in [-0.39, 0.29) is 29.8 Å². The van der Waals surface area contributed by atoms with Gasteiger partial charge in [0.2, 0.25) is 5.75 Å². The Morgan fingerprint density at radius 1 is 0.574 bits per heavy atom. The smallest absolute Gasteiger partial charge is 0.429 e. The van der Waals surface area contributed by atoms with Gasteiger partial charge >= 0.3 is 12.5 Å². The number of unbranched alkanes of at least 4 members (excludes halogenated alkanes) is 3. The van der Waals surface area contributed by atoms with E-state index in [4.69, 9.17) is 11.6 Å². The third-order valence-electron chi connectivity index (χ3n) is 6.81. The van der Waals surface area contributed by atoms with Crippen LogP contribution in [0.3, 0.4) is 0 Å². The summed E-state index contributed by atoms with van der Waals surface area (Å²) in [7, 11) is 0. The van der Waals surface area contributed by atoms with Gasteiger partial charge in [-0.15, -0.1) is 13.2 Å². The van der Waals surface area contributed by atoms with Gasteiger partial charge in [-0.2, -0.15) is 8.78 Å². The highest BCUT2D eigenvalue weighted by atomic mass is 35.5. The minimum absolute atomic E-state index is 0.147. The number of benzene rings is 4. The summed E-state index contributed by atoms with van der Waals surface area (Å²) in [6, 6.07) is 3.84. The summed E-state index contributed by atoms with van der Waals surface area (Å²) >= 11 is 6.12. The Labute approximate surface area is 264 Å². The van der Waals surface area contributed by atoms with Gasteiger partial charge in [-0.05, 0) is 65.9 Å². The van der Waals surface area contributed by atoms with Crippen molar-refractivity contribution < 1.29 is 62.2 Å². The van der Waals surface area contributed by atoms with Gasteiger partial charge < -0.3 is 9.47 Å². The highest BCUT2D eigenvalue weighted by molar-refractivity contribution is 6.33. The number of hydrogen-bond donors (Lipinski definition) is 0. The molecule has 0 spiro atoms. The molecule has 0 unspecified atom stereocenters. The van der Waals surface area contributed by atoms with Crippen LogP contribution in [0, 0.1) is 40.7 Å². The summed E-state index contributed by atoms with van der Waals surface area (Å²) < 4.78 is 177. The average Bonchev–Trinajstić information content (AvgIpc) is 2.91. The molecule has 0 fully saturated rings. The molecule has 0 radical (unpaired) electrons. The van der Waals surface area contributed by atoms with Crippen molar-refractivity contribution in [1.82, 2.24) is 0 Å². The minimum Gasteiger partial charge on any atom is -0.429 e. The Kier molecular flexibility index (Phi) is 10.6. The quantitative estimate of drug-likeness (QED) is 0.115. The molecule has 4 aromatic rings. The predicted octanol–water partition coefficient (Wildman–Crippen LogP) is 11.8. The number of hydrogen-bond acceptors (Lipinski definition) is 2. The molecular formula is C32H21ClF12O2. The van der Waals surface area contributed by atoms with Crippen LogP contribution >= 0.6 is 11.6 Å². The zero-order valence-electron chi connectivity index (χ0n) is 23.9. The molecule has 2 nitrogen and oxygen atoms in total. The molecule has 0 aromatic heterocycles. The van der Waals surface area contributed by atoms with Gasteiger partial charge in [-0.3, -0.25) is 0 Å². The Morgan fingerprint density at radius 3 is 1.60 bits per heavy atom.